The fourth-order valence-corrected chi connectivity index (χ4v) is 2.86. The molecule has 1 aliphatic rings. The first kappa shape index (κ1) is 14.8. The maximum atomic E-state index is 5.59. The number of fused-ring (bicyclic) bond motifs is 1. The lowest BCUT2D eigenvalue weighted by atomic mass is 10.1. The monoisotopic (exact) mass is 321 g/mol. The van der Waals surface area contributed by atoms with E-state index in [1.54, 1.807) is 6.20 Å². The van der Waals surface area contributed by atoms with Crippen molar-refractivity contribution in [3.63, 3.8) is 0 Å². The molecule has 0 bridgehead atoms. The van der Waals surface area contributed by atoms with Crippen LogP contribution in [0.15, 0.2) is 60.9 Å². The Balaban J connectivity index is 1.42. The molecule has 1 aliphatic heterocycles. The molecule has 0 saturated heterocycles. The summed E-state index contributed by atoms with van der Waals surface area (Å²) in [5.74, 6) is 1.68. The summed E-state index contributed by atoms with van der Waals surface area (Å²) in [4.78, 5) is 0. The minimum atomic E-state index is 0.174. The summed E-state index contributed by atoms with van der Waals surface area (Å²) in [6.07, 6.45) is 3.72. The second-order valence-electron chi connectivity index (χ2n) is 5.80. The Morgan fingerprint density at radius 1 is 1.12 bits per heavy atom. The summed E-state index contributed by atoms with van der Waals surface area (Å²) in [6, 6.07) is 16.5. The van der Waals surface area contributed by atoms with Crippen LogP contribution in [0, 0.1) is 0 Å². The molecule has 0 amide bonds. The topological polar surface area (TPSA) is 48.3 Å². The molecular weight excluding hydrogens is 302 g/mol. The number of aromatic nitrogens is 2. The number of benzene rings is 2. The smallest absolute Gasteiger partial charge is 0.231 e. The van der Waals surface area contributed by atoms with E-state index in [2.05, 4.69) is 47.7 Å². The van der Waals surface area contributed by atoms with E-state index in [9.17, 15) is 0 Å². The Kier molecular flexibility index (Phi) is 3.92. The maximum absolute atomic E-state index is 5.59. The molecule has 24 heavy (non-hydrogen) atoms. The molecule has 2 heterocycles. The van der Waals surface area contributed by atoms with Crippen LogP contribution in [0.1, 0.15) is 24.1 Å². The van der Waals surface area contributed by atoms with E-state index in [0.717, 1.165) is 29.3 Å². The summed E-state index contributed by atoms with van der Waals surface area (Å²) in [7, 11) is 0. The molecule has 2 aromatic carbocycles. The van der Waals surface area contributed by atoms with Crippen LogP contribution in [0.5, 0.6) is 11.5 Å². The van der Waals surface area contributed by atoms with E-state index in [-0.39, 0.29) is 6.04 Å². The molecule has 0 fully saturated rings. The zero-order chi connectivity index (χ0) is 16.4. The zero-order valence-electron chi connectivity index (χ0n) is 13.5. The molecule has 1 unspecified atom stereocenters. The summed E-state index contributed by atoms with van der Waals surface area (Å²) in [5, 5.41) is 7.78. The molecule has 1 N–H and O–H groups in total. The van der Waals surface area contributed by atoms with Crippen molar-refractivity contribution in [2.45, 2.75) is 19.5 Å². The van der Waals surface area contributed by atoms with Crippen LogP contribution in [0.4, 0.5) is 0 Å². The van der Waals surface area contributed by atoms with Crippen molar-refractivity contribution in [3.05, 3.63) is 72.1 Å². The Morgan fingerprint density at radius 3 is 2.79 bits per heavy atom. The van der Waals surface area contributed by atoms with E-state index in [1.807, 2.05) is 29.1 Å². The van der Waals surface area contributed by atoms with Crippen molar-refractivity contribution < 1.29 is 9.47 Å². The summed E-state index contributed by atoms with van der Waals surface area (Å²) in [5.41, 5.74) is 3.41. The van der Waals surface area contributed by atoms with Gasteiger partial charge in [-0.15, -0.1) is 0 Å². The lowest BCUT2D eigenvalue weighted by Gasteiger charge is -2.16. The fourth-order valence-electron chi connectivity index (χ4n) is 2.86. The third-order valence-electron chi connectivity index (χ3n) is 4.21. The van der Waals surface area contributed by atoms with Gasteiger partial charge in [-0.05, 0) is 36.8 Å². The van der Waals surface area contributed by atoms with E-state index in [4.69, 9.17) is 9.47 Å². The highest BCUT2D eigenvalue weighted by atomic mass is 16.7. The third kappa shape index (κ3) is 2.86. The predicted molar refractivity (Wildman–Crippen MR) is 91.4 cm³/mol. The first-order chi connectivity index (χ1) is 11.8. The minimum absolute atomic E-state index is 0.174. The molecule has 1 aromatic heterocycles. The Hall–Kier alpha value is -2.79. The van der Waals surface area contributed by atoms with Crippen molar-refractivity contribution in [2.24, 2.45) is 0 Å². The summed E-state index contributed by atoms with van der Waals surface area (Å²) < 4.78 is 12.9. The summed E-state index contributed by atoms with van der Waals surface area (Å²) in [6.45, 7) is 3.22. The van der Waals surface area contributed by atoms with Crippen LogP contribution >= 0.6 is 0 Å². The van der Waals surface area contributed by atoms with Crippen LogP contribution in [-0.4, -0.2) is 16.6 Å². The van der Waals surface area contributed by atoms with Crippen molar-refractivity contribution in [1.29, 1.82) is 0 Å². The molecule has 3 aromatic rings. The number of hydrogen-bond acceptors (Lipinski definition) is 4. The van der Waals surface area contributed by atoms with Gasteiger partial charge in [-0.25, -0.2) is 4.68 Å². The van der Waals surface area contributed by atoms with E-state index in [1.165, 1.54) is 5.56 Å². The van der Waals surface area contributed by atoms with Crippen LogP contribution < -0.4 is 14.8 Å². The van der Waals surface area contributed by atoms with Crippen molar-refractivity contribution in [3.8, 4) is 17.2 Å². The van der Waals surface area contributed by atoms with E-state index < -0.39 is 0 Å². The molecule has 0 radical (unpaired) electrons. The molecule has 5 heteroatoms. The molecule has 0 saturated carbocycles. The Labute approximate surface area is 140 Å². The third-order valence-corrected chi connectivity index (χ3v) is 4.21. The minimum Gasteiger partial charge on any atom is -0.454 e. The first-order valence-electron chi connectivity index (χ1n) is 8.02. The van der Waals surface area contributed by atoms with Crippen LogP contribution in [0.25, 0.3) is 5.69 Å². The van der Waals surface area contributed by atoms with Gasteiger partial charge in [0.05, 0.1) is 5.69 Å². The quantitative estimate of drug-likeness (QED) is 0.782. The van der Waals surface area contributed by atoms with Crippen LogP contribution in [-0.2, 0) is 6.54 Å². The molecule has 122 valence electrons. The number of rotatable bonds is 5. The molecule has 1 atom stereocenters. The van der Waals surface area contributed by atoms with Gasteiger partial charge in [0.1, 0.15) is 0 Å². The number of nitrogens with one attached hydrogen (secondary N) is 1. The Morgan fingerprint density at radius 2 is 2.00 bits per heavy atom. The van der Waals surface area contributed by atoms with Gasteiger partial charge >= 0.3 is 0 Å². The Bertz CT molecular complexity index is 813. The second kappa shape index (κ2) is 6.37. The first-order valence-corrected chi connectivity index (χ1v) is 8.02. The van der Waals surface area contributed by atoms with Gasteiger partial charge < -0.3 is 14.8 Å². The molecule has 4 rings (SSSR count). The van der Waals surface area contributed by atoms with Gasteiger partial charge in [0.25, 0.3) is 0 Å². The van der Waals surface area contributed by atoms with Crippen molar-refractivity contribution >= 4 is 0 Å². The van der Waals surface area contributed by atoms with Crippen LogP contribution in [0.3, 0.4) is 0 Å². The molecular formula is C19H19N3O2. The number of nitrogens with zero attached hydrogens (tertiary/aromatic N) is 2. The van der Waals surface area contributed by atoms with Gasteiger partial charge in [-0.3, -0.25) is 0 Å². The number of hydrogen-bond donors (Lipinski definition) is 1. The highest BCUT2D eigenvalue weighted by Gasteiger charge is 2.20. The highest BCUT2D eigenvalue weighted by molar-refractivity contribution is 5.49. The van der Waals surface area contributed by atoms with Crippen molar-refractivity contribution in [2.75, 3.05) is 6.79 Å². The van der Waals surface area contributed by atoms with Gasteiger partial charge in [-0.1, -0.05) is 24.3 Å². The average Bonchev–Trinajstić information content (AvgIpc) is 3.31. The zero-order valence-corrected chi connectivity index (χ0v) is 13.5. The van der Waals surface area contributed by atoms with Gasteiger partial charge in [-0.2, -0.15) is 5.10 Å². The largest absolute Gasteiger partial charge is 0.454 e. The molecule has 5 nitrogen and oxygen atoms in total. The average molecular weight is 321 g/mol. The van der Waals surface area contributed by atoms with Crippen LogP contribution in [0.2, 0.25) is 0 Å². The second-order valence-corrected chi connectivity index (χ2v) is 5.80. The normalized spacial score (nSPS) is 13.9. The maximum Gasteiger partial charge on any atom is 0.231 e. The van der Waals surface area contributed by atoms with Gasteiger partial charge in [0.15, 0.2) is 11.5 Å². The molecule has 0 aliphatic carbocycles. The lowest BCUT2D eigenvalue weighted by molar-refractivity contribution is 0.173. The van der Waals surface area contributed by atoms with Crippen molar-refractivity contribution in [1.82, 2.24) is 15.1 Å². The van der Waals surface area contributed by atoms with Gasteiger partial charge in [0.2, 0.25) is 6.79 Å². The summed E-state index contributed by atoms with van der Waals surface area (Å²) >= 11 is 0. The molecule has 0 spiro atoms. The predicted octanol–water partition coefficient (Wildman–Crippen LogP) is 3.45. The van der Waals surface area contributed by atoms with Gasteiger partial charge in [0, 0.05) is 30.5 Å². The number of para-hydroxylation sites is 1. The highest BCUT2D eigenvalue weighted by Crippen LogP contribution is 2.38. The SMILES string of the molecule is CC(NCc1ccc(-n2cccn2)cc1)c1cccc2c1OCO2. The van der Waals surface area contributed by atoms with E-state index >= 15 is 0 Å². The fraction of sp³-hybridized carbons (Fsp3) is 0.211. The van der Waals surface area contributed by atoms with E-state index in [0.29, 0.717) is 6.79 Å². The lowest BCUT2D eigenvalue weighted by Crippen LogP contribution is -2.18. The number of ether oxygens (including phenoxy) is 2. The standard InChI is InChI=1S/C19H19N3O2/c1-14(17-4-2-5-18-19(17)24-13-23-18)20-12-15-6-8-16(9-7-15)22-11-3-10-21-22/h2-11,14,20H,12-13H2,1H3.